The predicted molar refractivity (Wildman–Crippen MR) is 59.4 cm³/mol. The van der Waals surface area contributed by atoms with Crippen molar-refractivity contribution in [2.24, 2.45) is 5.92 Å². The van der Waals surface area contributed by atoms with Crippen molar-refractivity contribution in [1.29, 1.82) is 0 Å². The molecular weight excluding hydrogens is 298 g/mol. The summed E-state index contributed by atoms with van der Waals surface area (Å²) in [5, 5.41) is 9.87. The summed E-state index contributed by atoms with van der Waals surface area (Å²) in [6, 6.07) is 0. The van der Waals surface area contributed by atoms with Crippen LogP contribution < -0.4 is 0 Å². The Morgan fingerprint density at radius 2 is 1.69 bits per heavy atom. The fraction of sp³-hybridized carbons (Fsp3) is 0.444. The van der Waals surface area contributed by atoms with Crippen LogP contribution in [0.5, 0.6) is 0 Å². The maximum absolute atomic E-state index is 9.87. The Morgan fingerprint density at radius 3 is 2.08 bits per heavy atom. The first-order valence-corrected chi connectivity index (χ1v) is 5.59. The molecule has 0 amide bonds. The molecule has 0 saturated heterocycles. The molecule has 0 fully saturated rings. The van der Waals surface area contributed by atoms with E-state index in [9.17, 15) is 5.11 Å². The molecule has 72 valence electrons. The highest BCUT2D eigenvalue weighted by molar-refractivity contribution is 9.11. The molecule has 0 aliphatic carbocycles. The van der Waals surface area contributed by atoms with E-state index in [1.54, 1.807) is 12.4 Å². The number of nitrogens with zero attached hydrogens (tertiary/aromatic N) is 1. The highest BCUT2D eigenvalue weighted by atomic mass is 79.9. The molecule has 1 aromatic heterocycles. The van der Waals surface area contributed by atoms with Gasteiger partial charge in [0, 0.05) is 26.9 Å². The van der Waals surface area contributed by atoms with Gasteiger partial charge in [-0.25, -0.2) is 0 Å². The Kier molecular flexibility index (Phi) is 3.88. The van der Waals surface area contributed by atoms with Crippen molar-refractivity contribution >= 4 is 31.9 Å². The van der Waals surface area contributed by atoms with E-state index in [1.165, 1.54) is 0 Å². The van der Waals surface area contributed by atoms with Gasteiger partial charge in [0.15, 0.2) is 0 Å². The zero-order valence-electron chi connectivity index (χ0n) is 7.46. The van der Waals surface area contributed by atoms with E-state index in [2.05, 4.69) is 36.8 Å². The minimum Gasteiger partial charge on any atom is -0.388 e. The van der Waals surface area contributed by atoms with Gasteiger partial charge in [0.2, 0.25) is 0 Å². The third kappa shape index (κ3) is 2.51. The van der Waals surface area contributed by atoms with Gasteiger partial charge in [-0.1, -0.05) is 13.8 Å². The lowest BCUT2D eigenvalue weighted by Crippen LogP contribution is -2.07. The maximum atomic E-state index is 9.87. The summed E-state index contributed by atoms with van der Waals surface area (Å²) in [6.07, 6.45) is 2.91. The number of halogens is 2. The summed E-state index contributed by atoms with van der Waals surface area (Å²) < 4.78 is 1.67. The van der Waals surface area contributed by atoms with Crippen molar-refractivity contribution in [2.45, 2.75) is 20.0 Å². The van der Waals surface area contributed by atoms with Crippen LogP contribution in [0.25, 0.3) is 0 Å². The molecule has 0 saturated carbocycles. The first-order chi connectivity index (χ1) is 6.04. The topological polar surface area (TPSA) is 33.1 Å². The van der Waals surface area contributed by atoms with E-state index in [0.29, 0.717) is 0 Å². The Hall–Kier alpha value is 0.0700. The molecule has 2 nitrogen and oxygen atoms in total. The molecule has 0 aromatic carbocycles. The third-order valence-electron chi connectivity index (χ3n) is 1.82. The molecule has 0 radical (unpaired) electrons. The number of aromatic nitrogens is 1. The van der Waals surface area contributed by atoms with Crippen LogP contribution in [0.1, 0.15) is 25.5 Å². The number of aliphatic hydroxyl groups is 1. The van der Waals surface area contributed by atoms with E-state index in [-0.39, 0.29) is 5.92 Å². The van der Waals surface area contributed by atoms with Gasteiger partial charge < -0.3 is 5.11 Å². The summed E-state index contributed by atoms with van der Waals surface area (Å²) in [6.45, 7) is 3.95. The molecule has 1 heterocycles. The average Bonchev–Trinajstić information content (AvgIpc) is 2.03. The standard InChI is InChI=1S/C9H11Br2NO/c1-5(2)9(13)8-6(10)3-12-4-7(8)11/h3-5,9,13H,1-2H3. The SMILES string of the molecule is CC(C)C(O)c1c(Br)cncc1Br. The van der Waals surface area contributed by atoms with Gasteiger partial charge in [0.1, 0.15) is 0 Å². The van der Waals surface area contributed by atoms with E-state index in [4.69, 9.17) is 0 Å². The minimum absolute atomic E-state index is 0.190. The van der Waals surface area contributed by atoms with E-state index >= 15 is 0 Å². The molecule has 1 atom stereocenters. The number of pyridine rings is 1. The molecule has 0 spiro atoms. The first-order valence-electron chi connectivity index (χ1n) is 4.01. The fourth-order valence-electron chi connectivity index (χ4n) is 1.04. The van der Waals surface area contributed by atoms with E-state index in [1.807, 2.05) is 13.8 Å². The largest absolute Gasteiger partial charge is 0.388 e. The Bertz CT molecular complexity index is 281. The molecule has 0 aliphatic rings. The fourth-order valence-corrected chi connectivity index (χ4v) is 2.44. The zero-order valence-corrected chi connectivity index (χ0v) is 10.6. The number of hydrogen-bond donors (Lipinski definition) is 1. The van der Waals surface area contributed by atoms with Crippen molar-refractivity contribution < 1.29 is 5.11 Å². The summed E-state index contributed by atoms with van der Waals surface area (Å²) >= 11 is 6.73. The van der Waals surface area contributed by atoms with Crippen molar-refractivity contribution in [2.75, 3.05) is 0 Å². The number of aliphatic hydroxyl groups excluding tert-OH is 1. The highest BCUT2D eigenvalue weighted by Gasteiger charge is 2.18. The van der Waals surface area contributed by atoms with Crippen LogP contribution in [0.3, 0.4) is 0 Å². The predicted octanol–water partition coefficient (Wildman–Crippen LogP) is 3.30. The third-order valence-corrected chi connectivity index (χ3v) is 3.08. The number of hydrogen-bond acceptors (Lipinski definition) is 2. The molecule has 0 bridgehead atoms. The second-order valence-corrected chi connectivity index (χ2v) is 4.91. The van der Waals surface area contributed by atoms with Crippen molar-refractivity contribution in [3.63, 3.8) is 0 Å². The molecule has 13 heavy (non-hydrogen) atoms. The molecule has 4 heteroatoms. The first kappa shape index (κ1) is 11.1. The Balaban J connectivity index is 3.12. The zero-order chi connectivity index (χ0) is 10.0. The molecule has 1 aromatic rings. The lowest BCUT2D eigenvalue weighted by Gasteiger charge is -2.17. The average molecular weight is 309 g/mol. The lowest BCUT2D eigenvalue weighted by molar-refractivity contribution is 0.125. The van der Waals surface area contributed by atoms with Crippen LogP contribution in [0.4, 0.5) is 0 Å². The Morgan fingerprint density at radius 1 is 1.23 bits per heavy atom. The van der Waals surface area contributed by atoms with Crippen LogP contribution in [0.2, 0.25) is 0 Å². The van der Waals surface area contributed by atoms with Crippen LogP contribution in [0, 0.1) is 5.92 Å². The van der Waals surface area contributed by atoms with Crippen LogP contribution in [-0.4, -0.2) is 10.1 Å². The van der Waals surface area contributed by atoms with Crippen molar-refractivity contribution in [3.8, 4) is 0 Å². The highest BCUT2D eigenvalue weighted by Crippen LogP contribution is 2.33. The summed E-state index contributed by atoms with van der Waals surface area (Å²) in [7, 11) is 0. The summed E-state index contributed by atoms with van der Waals surface area (Å²) in [5.41, 5.74) is 0.866. The summed E-state index contributed by atoms with van der Waals surface area (Å²) in [5.74, 6) is 0.190. The second-order valence-electron chi connectivity index (χ2n) is 3.21. The monoisotopic (exact) mass is 307 g/mol. The van der Waals surface area contributed by atoms with Gasteiger partial charge in [-0.15, -0.1) is 0 Å². The number of rotatable bonds is 2. The summed E-state index contributed by atoms with van der Waals surface area (Å²) in [4.78, 5) is 3.98. The van der Waals surface area contributed by atoms with Gasteiger partial charge in [-0.3, -0.25) is 4.98 Å². The second kappa shape index (κ2) is 4.53. The molecular formula is C9H11Br2NO. The normalized spacial score (nSPS) is 13.4. The van der Waals surface area contributed by atoms with Crippen LogP contribution in [-0.2, 0) is 0 Å². The van der Waals surface area contributed by atoms with Crippen LogP contribution in [0.15, 0.2) is 21.3 Å². The van der Waals surface area contributed by atoms with E-state index in [0.717, 1.165) is 14.5 Å². The maximum Gasteiger partial charge on any atom is 0.0835 e. The molecule has 0 aliphatic heterocycles. The quantitative estimate of drug-likeness (QED) is 0.909. The molecule has 1 unspecified atom stereocenters. The Labute approximate surface area is 94.6 Å². The van der Waals surface area contributed by atoms with Crippen molar-refractivity contribution in [3.05, 3.63) is 26.9 Å². The van der Waals surface area contributed by atoms with Gasteiger partial charge in [-0.05, 0) is 37.8 Å². The lowest BCUT2D eigenvalue weighted by atomic mass is 10.0. The molecule has 1 rings (SSSR count). The smallest absolute Gasteiger partial charge is 0.0835 e. The van der Waals surface area contributed by atoms with Gasteiger partial charge in [0.25, 0.3) is 0 Å². The van der Waals surface area contributed by atoms with Crippen molar-refractivity contribution in [1.82, 2.24) is 4.98 Å². The van der Waals surface area contributed by atoms with Gasteiger partial charge in [-0.2, -0.15) is 0 Å². The van der Waals surface area contributed by atoms with E-state index < -0.39 is 6.10 Å². The molecule has 1 N–H and O–H groups in total. The minimum atomic E-state index is -0.466. The van der Waals surface area contributed by atoms with Gasteiger partial charge in [0.05, 0.1) is 6.10 Å². The van der Waals surface area contributed by atoms with Crippen LogP contribution >= 0.6 is 31.9 Å². The van der Waals surface area contributed by atoms with Gasteiger partial charge >= 0.3 is 0 Å².